The van der Waals surface area contributed by atoms with E-state index in [9.17, 15) is 17.6 Å². The number of hydrazone groups is 1. The van der Waals surface area contributed by atoms with Crippen molar-refractivity contribution in [3.63, 3.8) is 0 Å². The molecular weight excluding hydrogens is 364 g/mol. The Balaban J connectivity index is 2.58. The molecule has 0 bridgehead atoms. The molecule has 0 fully saturated rings. The van der Waals surface area contributed by atoms with Gasteiger partial charge in [0.05, 0.1) is 23.5 Å². The molecule has 0 saturated carbocycles. The largest absolute Gasteiger partial charge is 0.417 e. The Morgan fingerprint density at radius 2 is 1.96 bits per heavy atom. The summed E-state index contributed by atoms with van der Waals surface area (Å²) < 4.78 is 52.3. The number of hydrazine groups is 1. The van der Waals surface area contributed by atoms with E-state index in [1.165, 1.54) is 30.5 Å². The van der Waals surface area contributed by atoms with Gasteiger partial charge in [-0.3, -0.25) is 5.01 Å². The fraction of sp³-hybridized carbons (Fsp3) is 0.176. The van der Waals surface area contributed by atoms with Crippen LogP contribution in [-0.4, -0.2) is 21.9 Å². The zero-order valence-corrected chi connectivity index (χ0v) is 14.3. The molecule has 0 spiro atoms. The number of alkyl halides is 3. The summed E-state index contributed by atoms with van der Waals surface area (Å²) in [6.45, 7) is 1.56. The molecule has 1 heterocycles. The first-order valence-corrected chi connectivity index (χ1v) is 7.71. The van der Waals surface area contributed by atoms with Gasteiger partial charge in [-0.25, -0.2) is 15.2 Å². The first-order chi connectivity index (χ1) is 12.7. The van der Waals surface area contributed by atoms with Crippen LogP contribution in [0.15, 0.2) is 54.0 Å². The lowest BCUT2D eigenvalue weighted by atomic mass is 9.99. The van der Waals surface area contributed by atoms with E-state index in [0.717, 1.165) is 17.2 Å². The molecule has 0 aliphatic heterocycles. The Labute approximate surface area is 152 Å². The van der Waals surface area contributed by atoms with Crippen LogP contribution in [-0.2, 0) is 6.18 Å². The van der Waals surface area contributed by atoms with Crippen LogP contribution in [0.4, 0.5) is 23.4 Å². The van der Waals surface area contributed by atoms with Gasteiger partial charge in [0.25, 0.3) is 0 Å². The number of pyridine rings is 1. The highest BCUT2D eigenvalue weighted by Crippen LogP contribution is 2.37. The predicted octanol–water partition coefficient (Wildman–Crippen LogP) is 3.02. The number of hydrogen-bond donors (Lipinski definition) is 3. The Bertz CT molecular complexity index is 863. The number of nitrogen functional groups attached to an aromatic ring is 1. The molecule has 10 heteroatoms. The molecule has 144 valence electrons. The first kappa shape index (κ1) is 20.2. The van der Waals surface area contributed by atoms with Crippen molar-refractivity contribution in [2.45, 2.75) is 19.1 Å². The minimum Gasteiger partial charge on any atom is -0.383 e. The average molecular weight is 382 g/mol. The fourth-order valence-electron chi connectivity index (χ4n) is 2.45. The highest BCUT2D eigenvalue weighted by molar-refractivity contribution is 6.03. The van der Waals surface area contributed by atoms with Crippen molar-refractivity contribution in [1.29, 1.82) is 0 Å². The van der Waals surface area contributed by atoms with E-state index in [0.29, 0.717) is 6.33 Å². The summed E-state index contributed by atoms with van der Waals surface area (Å²) in [5.41, 5.74) is 5.19. The molecule has 2 rings (SSSR count). The second kappa shape index (κ2) is 8.04. The molecular formula is C17H18F4N6. The minimum absolute atomic E-state index is 0.0423. The molecule has 0 amide bonds. The Kier molecular flexibility index (Phi) is 6.01. The average Bonchev–Trinajstić information content (AvgIpc) is 2.63. The van der Waals surface area contributed by atoms with Gasteiger partial charge in [0.2, 0.25) is 0 Å². The van der Waals surface area contributed by atoms with Gasteiger partial charge in [0.15, 0.2) is 5.84 Å². The van der Waals surface area contributed by atoms with Crippen LogP contribution in [0.1, 0.15) is 18.1 Å². The van der Waals surface area contributed by atoms with Crippen LogP contribution < -0.4 is 17.4 Å². The van der Waals surface area contributed by atoms with Gasteiger partial charge in [-0.15, -0.1) is 0 Å². The maximum Gasteiger partial charge on any atom is 0.417 e. The summed E-state index contributed by atoms with van der Waals surface area (Å²) in [5, 5.41) is 4.58. The topological polar surface area (TPSA) is 107 Å². The SMILES string of the molecule is CC(/C=C/F)N(N)/C(=N\N)c1cc(-c2ccccc2C(F)(F)F)cnc1N. The van der Waals surface area contributed by atoms with Gasteiger partial charge in [-0.05, 0) is 30.7 Å². The summed E-state index contributed by atoms with van der Waals surface area (Å²) in [4.78, 5) is 3.93. The van der Waals surface area contributed by atoms with Crippen LogP contribution in [0.25, 0.3) is 11.1 Å². The highest BCUT2D eigenvalue weighted by atomic mass is 19.4. The lowest BCUT2D eigenvalue weighted by molar-refractivity contribution is -0.137. The van der Waals surface area contributed by atoms with Crippen LogP contribution >= 0.6 is 0 Å². The van der Waals surface area contributed by atoms with Gasteiger partial charge >= 0.3 is 6.18 Å². The molecule has 1 aromatic carbocycles. The van der Waals surface area contributed by atoms with Crippen molar-refractivity contribution in [2.75, 3.05) is 5.73 Å². The molecule has 1 atom stereocenters. The summed E-state index contributed by atoms with van der Waals surface area (Å²) in [5.74, 6) is 11.2. The second-order valence-corrected chi connectivity index (χ2v) is 5.62. The van der Waals surface area contributed by atoms with E-state index >= 15 is 0 Å². The number of halogens is 4. The summed E-state index contributed by atoms with van der Waals surface area (Å²) in [6.07, 6.45) is -1.90. The Morgan fingerprint density at radius 1 is 1.30 bits per heavy atom. The van der Waals surface area contributed by atoms with Crippen LogP contribution in [0.3, 0.4) is 0 Å². The second-order valence-electron chi connectivity index (χ2n) is 5.62. The van der Waals surface area contributed by atoms with E-state index in [-0.39, 0.29) is 28.3 Å². The molecule has 1 aromatic heterocycles. The van der Waals surface area contributed by atoms with Crippen LogP contribution in [0.2, 0.25) is 0 Å². The third-order valence-electron chi connectivity index (χ3n) is 3.86. The summed E-state index contributed by atoms with van der Waals surface area (Å²) in [7, 11) is 0. The minimum atomic E-state index is -4.55. The number of nitrogens with zero attached hydrogens (tertiary/aromatic N) is 3. The zero-order valence-electron chi connectivity index (χ0n) is 14.3. The lowest BCUT2D eigenvalue weighted by Gasteiger charge is -2.25. The highest BCUT2D eigenvalue weighted by Gasteiger charge is 2.33. The van der Waals surface area contributed by atoms with Gasteiger partial charge in [0, 0.05) is 11.8 Å². The van der Waals surface area contributed by atoms with Crippen molar-refractivity contribution >= 4 is 11.7 Å². The van der Waals surface area contributed by atoms with Crippen molar-refractivity contribution in [2.24, 2.45) is 16.8 Å². The first-order valence-electron chi connectivity index (χ1n) is 7.71. The van der Waals surface area contributed by atoms with Crippen molar-refractivity contribution in [3.05, 3.63) is 60.1 Å². The molecule has 0 radical (unpaired) electrons. The molecule has 6 nitrogen and oxygen atoms in total. The number of rotatable bonds is 4. The number of hydrogen-bond acceptors (Lipinski definition) is 5. The number of anilines is 1. The molecule has 2 aromatic rings. The molecule has 27 heavy (non-hydrogen) atoms. The molecule has 0 aliphatic rings. The standard InChI is InChI=1S/C17H18F4N6/c1-10(6-7-18)27(24)16(26-23)13-8-11(9-25-15(13)22)12-4-2-3-5-14(12)17(19,20)21/h2-10H,23-24H2,1H3,(H2,22,25)/b7-6+,26-16-. The Morgan fingerprint density at radius 3 is 2.56 bits per heavy atom. The third-order valence-corrected chi connectivity index (χ3v) is 3.86. The van der Waals surface area contributed by atoms with E-state index in [4.69, 9.17) is 17.4 Å². The van der Waals surface area contributed by atoms with E-state index in [2.05, 4.69) is 10.1 Å². The maximum atomic E-state index is 13.3. The summed E-state index contributed by atoms with van der Waals surface area (Å²) >= 11 is 0. The molecule has 6 N–H and O–H groups in total. The molecule has 0 saturated heterocycles. The van der Waals surface area contributed by atoms with E-state index in [1.54, 1.807) is 6.92 Å². The Hall–Kier alpha value is -3.14. The van der Waals surface area contributed by atoms with Crippen molar-refractivity contribution < 1.29 is 17.6 Å². The number of benzene rings is 1. The van der Waals surface area contributed by atoms with Crippen LogP contribution in [0.5, 0.6) is 0 Å². The van der Waals surface area contributed by atoms with Crippen molar-refractivity contribution in [1.82, 2.24) is 9.99 Å². The van der Waals surface area contributed by atoms with Gasteiger partial charge in [-0.2, -0.15) is 18.3 Å². The fourth-order valence-corrected chi connectivity index (χ4v) is 2.45. The normalized spacial score (nSPS) is 13.8. The summed E-state index contributed by atoms with van der Waals surface area (Å²) in [6, 6.07) is 5.74. The quantitative estimate of drug-likeness (QED) is 0.248. The maximum absolute atomic E-state index is 13.3. The van der Waals surface area contributed by atoms with Crippen molar-refractivity contribution in [3.8, 4) is 11.1 Å². The van der Waals surface area contributed by atoms with E-state index in [1.807, 2.05) is 0 Å². The lowest BCUT2D eigenvalue weighted by Crippen LogP contribution is -2.44. The third kappa shape index (κ3) is 4.34. The number of amidine groups is 1. The van der Waals surface area contributed by atoms with Gasteiger partial charge in [-0.1, -0.05) is 18.2 Å². The molecule has 0 aliphatic carbocycles. The van der Waals surface area contributed by atoms with Gasteiger partial charge < -0.3 is 11.6 Å². The van der Waals surface area contributed by atoms with Crippen LogP contribution in [0, 0.1) is 0 Å². The number of nitrogens with two attached hydrogens (primary N) is 3. The smallest absolute Gasteiger partial charge is 0.383 e. The number of aromatic nitrogens is 1. The predicted molar refractivity (Wildman–Crippen MR) is 95.5 cm³/mol. The zero-order chi connectivity index (χ0) is 20.2. The van der Waals surface area contributed by atoms with E-state index < -0.39 is 17.8 Å². The monoisotopic (exact) mass is 382 g/mol. The van der Waals surface area contributed by atoms with Gasteiger partial charge in [0.1, 0.15) is 5.82 Å². The molecule has 1 unspecified atom stereocenters.